The lowest BCUT2D eigenvalue weighted by Crippen LogP contribution is -2.41. The lowest BCUT2D eigenvalue weighted by atomic mass is 9.80. The third-order valence-electron chi connectivity index (χ3n) is 4.63. The summed E-state index contributed by atoms with van der Waals surface area (Å²) in [4.78, 5) is 24.0. The van der Waals surface area contributed by atoms with Crippen molar-refractivity contribution in [3.63, 3.8) is 0 Å². The van der Waals surface area contributed by atoms with E-state index in [0.717, 1.165) is 5.57 Å². The first kappa shape index (κ1) is 21.7. The molecule has 0 spiro atoms. The van der Waals surface area contributed by atoms with Gasteiger partial charge in [0.15, 0.2) is 5.92 Å². The summed E-state index contributed by atoms with van der Waals surface area (Å²) < 4.78 is 21.9. The zero-order valence-corrected chi connectivity index (χ0v) is 16.5. The molecule has 142 valence electrons. The highest BCUT2D eigenvalue weighted by Gasteiger charge is 2.50. The molecule has 1 fully saturated rings. The quantitative estimate of drug-likeness (QED) is 0.289. The Hall–Kier alpha value is -1.34. The number of allylic oxidation sites excluding steroid dienone is 2. The van der Waals surface area contributed by atoms with Crippen LogP contribution in [0.15, 0.2) is 11.6 Å². The van der Waals surface area contributed by atoms with E-state index in [1.807, 2.05) is 40.7 Å². The van der Waals surface area contributed by atoms with Gasteiger partial charge in [0.2, 0.25) is 0 Å². The smallest absolute Gasteiger partial charge is 0.462 e. The van der Waals surface area contributed by atoms with Gasteiger partial charge in [-0.1, -0.05) is 11.6 Å². The van der Waals surface area contributed by atoms with Crippen LogP contribution >= 0.6 is 0 Å². The number of ether oxygens (including phenoxy) is 2. The third kappa shape index (κ3) is 5.85. The number of carbonyl (C=O) groups excluding carboxylic acids is 2. The van der Waals surface area contributed by atoms with Crippen molar-refractivity contribution in [3.8, 4) is 0 Å². The molecule has 0 unspecified atom stereocenters. The first-order valence-electron chi connectivity index (χ1n) is 8.88. The molecule has 0 bridgehead atoms. The van der Waals surface area contributed by atoms with Crippen LogP contribution in [0.5, 0.6) is 0 Å². The second-order valence-corrected chi connectivity index (χ2v) is 7.23. The fraction of sp³-hybridized carbons (Fsp3) is 0.778. The Morgan fingerprint density at radius 1 is 1.00 bits per heavy atom. The molecule has 0 radical (unpaired) electrons. The van der Waals surface area contributed by atoms with Gasteiger partial charge in [-0.05, 0) is 54.9 Å². The van der Waals surface area contributed by atoms with E-state index in [0.29, 0.717) is 6.32 Å². The van der Waals surface area contributed by atoms with Crippen LogP contribution in [0.1, 0.15) is 54.9 Å². The Bertz CT molecular complexity index is 478. The average Bonchev–Trinajstić information content (AvgIpc) is 2.66. The minimum Gasteiger partial charge on any atom is -0.465 e. The van der Waals surface area contributed by atoms with Gasteiger partial charge in [-0.15, -0.1) is 0 Å². The van der Waals surface area contributed by atoms with Gasteiger partial charge in [0.05, 0.1) is 24.4 Å². The molecule has 1 aliphatic rings. The molecule has 6 nitrogen and oxygen atoms in total. The topological polar surface area (TPSA) is 71.1 Å². The summed E-state index contributed by atoms with van der Waals surface area (Å²) in [7, 11) is -0.343. The van der Waals surface area contributed by atoms with Crippen LogP contribution in [-0.2, 0) is 28.4 Å². The molecule has 0 aromatic heterocycles. The van der Waals surface area contributed by atoms with Crippen LogP contribution in [0.4, 0.5) is 0 Å². The molecule has 25 heavy (non-hydrogen) atoms. The van der Waals surface area contributed by atoms with Crippen LogP contribution in [0, 0.1) is 5.92 Å². The molecule has 0 amide bonds. The monoisotopic (exact) mass is 354 g/mol. The SMILES string of the molecule is CCOC(=O)C(CC=C(C)CB1OC(C)(C)C(C)(C)O1)C(=O)OCC. The van der Waals surface area contributed by atoms with Crippen LogP contribution in [0.25, 0.3) is 0 Å². The van der Waals surface area contributed by atoms with Gasteiger partial charge in [0, 0.05) is 6.32 Å². The van der Waals surface area contributed by atoms with Gasteiger partial charge in [0.25, 0.3) is 0 Å². The fourth-order valence-electron chi connectivity index (χ4n) is 2.49. The maximum atomic E-state index is 12.0. The van der Waals surface area contributed by atoms with Crippen LogP contribution < -0.4 is 0 Å². The summed E-state index contributed by atoms with van der Waals surface area (Å²) >= 11 is 0. The van der Waals surface area contributed by atoms with E-state index in [4.69, 9.17) is 18.8 Å². The highest BCUT2D eigenvalue weighted by molar-refractivity contribution is 6.46. The number of carbonyl (C=O) groups is 2. The molecule has 0 saturated carbocycles. The first-order valence-corrected chi connectivity index (χ1v) is 8.88. The highest BCUT2D eigenvalue weighted by atomic mass is 16.7. The largest absolute Gasteiger partial charge is 0.465 e. The zero-order chi connectivity index (χ0) is 19.3. The Kier molecular flexibility index (Phi) is 7.69. The number of hydrogen-bond acceptors (Lipinski definition) is 6. The van der Waals surface area contributed by atoms with Crippen molar-refractivity contribution in [1.82, 2.24) is 0 Å². The highest BCUT2D eigenvalue weighted by Crippen LogP contribution is 2.38. The molecule has 0 atom stereocenters. The maximum absolute atomic E-state index is 12.0. The van der Waals surface area contributed by atoms with Gasteiger partial charge in [-0.25, -0.2) is 0 Å². The lowest BCUT2D eigenvalue weighted by molar-refractivity contribution is -0.161. The molecule has 0 aromatic rings. The Morgan fingerprint density at radius 2 is 1.44 bits per heavy atom. The third-order valence-corrected chi connectivity index (χ3v) is 4.63. The Labute approximate surface area is 151 Å². The number of rotatable bonds is 8. The van der Waals surface area contributed by atoms with Crippen molar-refractivity contribution in [1.29, 1.82) is 0 Å². The molecule has 0 aromatic carbocycles. The summed E-state index contributed by atoms with van der Waals surface area (Å²) in [5.74, 6) is -2.05. The summed E-state index contributed by atoms with van der Waals surface area (Å²) in [6.45, 7) is 13.8. The Balaban J connectivity index is 2.70. The second kappa shape index (κ2) is 8.85. The summed E-state index contributed by atoms with van der Waals surface area (Å²) in [5, 5.41) is 0. The lowest BCUT2D eigenvalue weighted by Gasteiger charge is -2.32. The number of esters is 2. The molecule has 1 rings (SSSR count). The molecule has 1 heterocycles. The molecular formula is C18H31BO6. The fourth-order valence-corrected chi connectivity index (χ4v) is 2.49. The van der Waals surface area contributed by atoms with Crippen LogP contribution in [0.3, 0.4) is 0 Å². The molecular weight excluding hydrogens is 323 g/mol. The van der Waals surface area contributed by atoms with E-state index in [9.17, 15) is 9.59 Å². The van der Waals surface area contributed by atoms with Gasteiger partial charge < -0.3 is 18.8 Å². The minimum absolute atomic E-state index is 0.228. The van der Waals surface area contributed by atoms with E-state index < -0.39 is 17.9 Å². The molecule has 1 saturated heterocycles. The molecule has 0 N–H and O–H groups in total. The van der Waals surface area contributed by atoms with Crippen molar-refractivity contribution >= 4 is 19.1 Å². The zero-order valence-electron chi connectivity index (χ0n) is 16.5. The average molecular weight is 354 g/mol. The predicted molar refractivity (Wildman–Crippen MR) is 96.0 cm³/mol. The molecule has 7 heteroatoms. The maximum Gasteiger partial charge on any atom is 0.462 e. The first-order chi connectivity index (χ1) is 11.5. The molecule has 0 aliphatic carbocycles. The van der Waals surface area contributed by atoms with Crippen molar-refractivity contribution in [2.24, 2.45) is 5.92 Å². The number of hydrogen-bond donors (Lipinski definition) is 0. The second-order valence-electron chi connectivity index (χ2n) is 7.23. The molecule has 1 aliphatic heterocycles. The summed E-state index contributed by atoms with van der Waals surface area (Å²) in [6, 6.07) is 0. The summed E-state index contributed by atoms with van der Waals surface area (Å²) in [6.07, 6.45) is 2.66. The van der Waals surface area contributed by atoms with E-state index in [2.05, 4.69) is 0 Å². The van der Waals surface area contributed by atoms with E-state index in [1.54, 1.807) is 13.8 Å². The standard InChI is InChI=1S/C18H31BO6/c1-8-22-15(20)14(16(21)23-9-2)11-10-13(3)12-19-24-17(4,5)18(6,7)25-19/h10,14H,8-9,11-12H2,1-7H3. The van der Waals surface area contributed by atoms with E-state index >= 15 is 0 Å². The van der Waals surface area contributed by atoms with Crippen molar-refractivity contribution < 1.29 is 28.4 Å². The van der Waals surface area contributed by atoms with Gasteiger partial charge in [-0.3, -0.25) is 9.59 Å². The van der Waals surface area contributed by atoms with Crippen LogP contribution in [0.2, 0.25) is 6.32 Å². The van der Waals surface area contributed by atoms with E-state index in [1.165, 1.54) is 0 Å². The van der Waals surface area contributed by atoms with Gasteiger partial charge >= 0.3 is 19.1 Å². The van der Waals surface area contributed by atoms with Crippen molar-refractivity contribution in [3.05, 3.63) is 11.6 Å². The van der Waals surface area contributed by atoms with Gasteiger partial charge in [0.1, 0.15) is 0 Å². The van der Waals surface area contributed by atoms with Crippen molar-refractivity contribution in [2.45, 2.75) is 72.4 Å². The van der Waals surface area contributed by atoms with E-state index in [-0.39, 0.29) is 38.0 Å². The minimum atomic E-state index is -0.937. The predicted octanol–water partition coefficient (Wildman–Crippen LogP) is 3.16. The summed E-state index contributed by atoms with van der Waals surface area (Å²) in [5.41, 5.74) is 0.226. The van der Waals surface area contributed by atoms with Crippen molar-refractivity contribution in [2.75, 3.05) is 13.2 Å². The Morgan fingerprint density at radius 3 is 1.84 bits per heavy atom. The van der Waals surface area contributed by atoms with Gasteiger partial charge in [-0.2, -0.15) is 0 Å². The normalized spacial score (nSPS) is 19.2. The van der Waals surface area contributed by atoms with Crippen LogP contribution in [-0.4, -0.2) is 43.5 Å².